The van der Waals surface area contributed by atoms with Gasteiger partial charge < -0.3 is 10.1 Å². The van der Waals surface area contributed by atoms with Crippen molar-refractivity contribution in [1.82, 2.24) is 14.8 Å². The highest BCUT2D eigenvalue weighted by molar-refractivity contribution is 9.10. The molecule has 0 unspecified atom stereocenters. The van der Waals surface area contributed by atoms with E-state index in [1.165, 1.54) is 17.4 Å². The van der Waals surface area contributed by atoms with E-state index in [0.717, 1.165) is 32.8 Å². The number of aryl methyl sites for hydroxylation is 1. The second-order valence-electron chi connectivity index (χ2n) is 7.07. The van der Waals surface area contributed by atoms with Crippen molar-refractivity contribution < 1.29 is 13.9 Å². The maximum atomic E-state index is 13.7. The lowest BCUT2D eigenvalue weighted by atomic mass is 9.86. The van der Waals surface area contributed by atoms with Gasteiger partial charge in [0, 0.05) is 17.9 Å². The van der Waals surface area contributed by atoms with Crippen LogP contribution in [0.3, 0.4) is 0 Å². The summed E-state index contributed by atoms with van der Waals surface area (Å²) in [4.78, 5) is 17.2. The number of rotatable bonds is 3. The van der Waals surface area contributed by atoms with Gasteiger partial charge in [-0.1, -0.05) is 17.4 Å². The van der Waals surface area contributed by atoms with Gasteiger partial charge in [-0.2, -0.15) is 9.78 Å². The topological polar surface area (TPSA) is 69.0 Å². The van der Waals surface area contributed by atoms with Gasteiger partial charge in [-0.05, 0) is 58.7 Å². The quantitative estimate of drug-likeness (QED) is 0.433. The Hall–Kier alpha value is -2.78. The van der Waals surface area contributed by atoms with E-state index in [1.807, 2.05) is 25.1 Å². The van der Waals surface area contributed by atoms with Crippen molar-refractivity contribution in [3.8, 4) is 10.9 Å². The Bertz CT molecular complexity index is 1320. The number of fused-ring (bicyclic) bond motifs is 2. The molecular formula is C21H16BrFN4O2S. The van der Waals surface area contributed by atoms with Crippen LogP contribution in [0.15, 0.2) is 40.9 Å². The molecule has 4 aromatic rings. The first-order valence-electron chi connectivity index (χ1n) is 9.24. The Balaban J connectivity index is 1.65. The van der Waals surface area contributed by atoms with E-state index in [-0.39, 0.29) is 24.1 Å². The number of carbonyl (C=O) groups is 1. The molecule has 1 amide bonds. The molecule has 0 saturated heterocycles. The molecule has 1 atom stereocenters. The van der Waals surface area contributed by atoms with Crippen LogP contribution in [0.5, 0.6) is 5.75 Å². The minimum Gasteiger partial charge on any atom is -0.497 e. The van der Waals surface area contributed by atoms with Gasteiger partial charge in [-0.15, -0.1) is 0 Å². The lowest BCUT2D eigenvalue weighted by molar-refractivity contribution is -0.116. The SMILES string of the molecule is COc1ccc2nc(-n3nc(C)c4c3NC(=O)C[C@H]4c3ccc(F)c(Br)c3)sc2c1. The van der Waals surface area contributed by atoms with Crippen molar-refractivity contribution in [3.63, 3.8) is 0 Å². The molecule has 30 heavy (non-hydrogen) atoms. The fourth-order valence-electron chi connectivity index (χ4n) is 3.81. The van der Waals surface area contributed by atoms with Gasteiger partial charge >= 0.3 is 0 Å². The molecule has 0 bridgehead atoms. The first-order chi connectivity index (χ1) is 14.4. The maximum absolute atomic E-state index is 13.7. The second kappa shape index (κ2) is 7.17. The van der Waals surface area contributed by atoms with Crippen LogP contribution in [-0.2, 0) is 4.79 Å². The Morgan fingerprint density at radius 2 is 2.13 bits per heavy atom. The highest BCUT2D eigenvalue weighted by Gasteiger charge is 2.33. The summed E-state index contributed by atoms with van der Waals surface area (Å²) in [7, 11) is 1.62. The largest absolute Gasteiger partial charge is 0.497 e. The molecule has 152 valence electrons. The van der Waals surface area contributed by atoms with E-state index in [0.29, 0.717) is 15.4 Å². The number of amides is 1. The molecule has 9 heteroatoms. The number of nitrogens with one attached hydrogen (secondary N) is 1. The number of hydrogen-bond donors (Lipinski definition) is 1. The number of aromatic nitrogens is 3. The predicted molar refractivity (Wildman–Crippen MR) is 117 cm³/mol. The summed E-state index contributed by atoms with van der Waals surface area (Å²) in [5.74, 6) is 0.703. The van der Waals surface area contributed by atoms with Crippen molar-refractivity contribution in [2.24, 2.45) is 0 Å². The third-order valence-electron chi connectivity index (χ3n) is 5.21. The molecule has 0 radical (unpaired) electrons. The zero-order chi connectivity index (χ0) is 21.0. The van der Waals surface area contributed by atoms with Crippen molar-refractivity contribution in [1.29, 1.82) is 0 Å². The molecule has 2 aromatic carbocycles. The number of benzene rings is 2. The summed E-state index contributed by atoms with van der Waals surface area (Å²) >= 11 is 4.71. The fourth-order valence-corrected chi connectivity index (χ4v) is 5.16. The van der Waals surface area contributed by atoms with E-state index in [9.17, 15) is 9.18 Å². The molecule has 3 heterocycles. The highest BCUT2D eigenvalue weighted by Crippen LogP contribution is 2.42. The third-order valence-corrected chi connectivity index (χ3v) is 6.82. The van der Waals surface area contributed by atoms with Crippen LogP contribution in [0.2, 0.25) is 0 Å². The van der Waals surface area contributed by atoms with Crippen molar-refractivity contribution in [2.75, 3.05) is 12.4 Å². The molecule has 2 aromatic heterocycles. The number of ether oxygens (including phenoxy) is 1. The lowest BCUT2D eigenvalue weighted by Gasteiger charge is -2.24. The summed E-state index contributed by atoms with van der Waals surface area (Å²) in [6, 6.07) is 10.5. The molecular weight excluding hydrogens is 471 g/mol. The van der Waals surface area contributed by atoms with E-state index in [2.05, 4.69) is 31.3 Å². The molecule has 1 aliphatic rings. The van der Waals surface area contributed by atoms with Gasteiger partial charge in [0.2, 0.25) is 11.0 Å². The van der Waals surface area contributed by atoms with Gasteiger partial charge in [-0.3, -0.25) is 4.79 Å². The Morgan fingerprint density at radius 3 is 2.90 bits per heavy atom. The molecule has 5 rings (SSSR count). The average Bonchev–Trinajstić information content (AvgIpc) is 3.29. The summed E-state index contributed by atoms with van der Waals surface area (Å²) in [6.07, 6.45) is 0.272. The van der Waals surface area contributed by atoms with Crippen molar-refractivity contribution in [3.05, 3.63) is 63.5 Å². The highest BCUT2D eigenvalue weighted by atomic mass is 79.9. The summed E-state index contributed by atoms with van der Waals surface area (Å²) in [5, 5.41) is 8.30. The minimum absolute atomic E-state index is 0.114. The zero-order valence-electron chi connectivity index (χ0n) is 16.1. The molecule has 0 saturated carbocycles. The lowest BCUT2D eigenvalue weighted by Crippen LogP contribution is -2.25. The van der Waals surface area contributed by atoms with Gasteiger partial charge in [0.15, 0.2) is 0 Å². The first kappa shape index (κ1) is 19.2. The standard InChI is InChI=1S/C21H16BrFN4O2S/c1-10-19-13(11-3-5-15(23)14(22)7-11)9-18(28)25-20(19)27(26-10)21-24-16-6-4-12(29-2)8-17(16)30-21/h3-8,13H,9H2,1-2H3,(H,25,28)/t13-/m0/s1. The van der Waals surface area contributed by atoms with E-state index < -0.39 is 0 Å². The first-order valence-corrected chi connectivity index (χ1v) is 10.8. The number of nitrogens with zero attached hydrogens (tertiary/aromatic N) is 3. The minimum atomic E-state index is -0.337. The van der Waals surface area contributed by atoms with Gasteiger partial charge in [0.25, 0.3) is 0 Å². The van der Waals surface area contributed by atoms with E-state index >= 15 is 0 Å². The predicted octanol–water partition coefficient (Wildman–Crippen LogP) is 5.17. The summed E-state index contributed by atoms with van der Waals surface area (Å²) < 4.78 is 22.1. The number of hydrogen-bond acceptors (Lipinski definition) is 5. The van der Waals surface area contributed by atoms with Gasteiger partial charge in [-0.25, -0.2) is 9.37 Å². The molecule has 0 fully saturated rings. The number of methoxy groups -OCH3 is 1. The molecule has 6 nitrogen and oxygen atoms in total. The van der Waals surface area contributed by atoms with Crippen LogP contribution >= 0.6 is 27.3 Å². The maximum Gasteiger partial charge on any atom is 0.226 e. The van der Waals surface area contributed by atoms with Crippen molar-refractivity contribution >= 4 is 49.2 Å². The number of anilines is 1. The third kappa shape index (κ3) is 3.09. The van der Waals surface area contributed by atoms with E-state index in [1.54, 1.807) is 23.9 Å². The average molecular weight is 487 g/mol. The van der Waals surface area contributed by atoms with Crippen LogP contribution in [0.25, 0.3) is 15.3 Å². The fraction of sp³-hybridized carbons (Fsp3) is 0.190. The number of halogens is 2. The monoisotopic (exact) mass is 486 g/mol. The number of carbonyl (C=O) groups excluding carboxylic acids is 1. The van der Waals surface area contributed by atoms with Crippen LogP contribution in [0.1, 0.15) is 29.2 Å². The van der Waals surface area contributed by atoms with Crippen molar-refractivity contribution in [2.45, 2.75) is 19.3 Å². The van der Waals surface area contributed by atoms with Crippen LogP contribution in [-0.4, -0.2) is 27.8 Å². The Kier molecular flexibility index (Phi) is 4.59. The van der Waals surface area contributed by atoms with Crippen LogP contribution in [0.4, 0.5) is 10.2 Å². The molecule has 1 N–H and O–H groups in total. The summed E-state index contributed by atoms with van der Waals surface area (Å²) in [5.41, 5.74) is 3.41. The second-order valence-corrected chi connectivity index (χ2v) is 8.93. The number of thiazole rings is 1. The van der Waals surface area contributed by atoms with E-state index in [4.69, 9.17) is 4.74 Å². The van der Waals surface area contributed by atoms with Gasteiger partial charge in [0.1, 0.15) is 17.4 Å². The Labute approximate surface area is 183 Å². The smallest absolute Gasteiger partial charge is 0.226 e. The molecule has 0 spiro atoms. The molecule has 0 aliphatic carbocycles. The van der Waals surface area contributed by atoms with Crippen LogP contribution < -0.4 is 10.1 Å². The summed E-state index contributed by atoms with van der Waals surface area (Å²) in [6.45, 7) is 1.91. The zero-order valence-corrected chi connectivity index (χ0v) is 18.5. The van der Waals surface area contributed by atoms with Crippen LogP contribution in [0, 0.1) is 12.7 Å². The van der Waals surface area contributed by atoms with Gasteiger partial charge in [0.05, 0.1) is 27.5 Å². The Morgan fingerprint density at radius 1 is 1.30 bits per heavy atom. The normalized spacial score (nSPS) is 15.9. The molecule has 1 aliphatic heterocycles.